The van der Waals surface area contributed by atoms with Crippen LogP contribution in [0.3, 0.4) is 0 Å². The lowest BCUT2D eigenvalue weighted by molar-refractivity contribution is -0.903. The molecule has 6 heteroatoms. The summed E-state index contributed by atoms with van der Waals surface area (Å²) >= 11 is 5.84. The van der Waals surface area contributed by atoms with E-state index in [-0.39, 0.29) is 0 Å². The Balaban J connectivity index is 1.40. The summed E-state index contributed by atoms with van der Waals surface area (Å²) in [6, 6.07) is 13.3. The number of aliphatic hydroxyl groups is 1. The Kier molecular flexibility index (Phi) is 5.91. The predicted octanol–water partition coefficient (Wildman–Crippen LogP) is 0.299. The summed E-state index contributed by atoms with van der Waals surface area (Å²) in [6.07, 6.45) is 1.48. The van der Waals surface area contributed by atoms with Gasteiger partial charge in [0.1, 0.15) is 51.2 Å². The zero-order valence-electron chi connectivity index (χ0n) is 13.6. The number of halogens is 1. The largest absolute Gasteiger partial charge is 0.491 e. The summed E-state index contributed by atoms with van der Waals surface area (Å²) in [5.74, 6) is 1.89. The third-order valence-electron chi connectivity index (χ3n) is 4.28. The average Bonchev–Trinajstić information content (AvgIpc) is 2.63. The number of piperazine rings is 1. The van der Waals surface area contributed by atoms with Crippen molar-refractivity contribution in [2.75, 3.05) is 44.2 Å². The number of quaternary nitrogens is 1. The van der Waals surface area contributed by atoms with Gasteiger partial charge in [-0.3, -0.25) is 4.90 Å². The first-order chi connectivity index (χ1) is 11.7. The monoisotopic (exact) mass is 349 g/mol. The van der Waals surface area contributed by atoms with Gasteiger partial charge in [0.05, 0.1) is 6.20 Å². The Bertz CT molecular complexity index is 616. The quantitative estimate of drug-likeness (QED) is 0.788. The lowest BCUT2D eigenvalue weighted by Crippen LogP contribution is -3.16. The fraction of sp³-hybridized carbons (Fsp3) is 0.389. The first-order valence-electron chi connectivity index (χ1n) is 8.32. The van der Waals surface area contributed by atoms with Gasteiger partial charge in [-0.25, -0.2) is 4.98 Å². The molecule has 0 bridgehead atoms. The summed E-state index contributed by atoms with van der Waals surface area (Å²) in [7, 11) is 0. The zero-order chi connectivity index (χ0) is 16.8. The van der Waals surface area contributed by atoms with E-state index in [4.69, 9.17) is 16.3 Å². The van der Waals surface area contributed by atoms with Gasteiger partial charge in [0, 0.05) is 11.1 Å². The fourth-order valence-electron chi connectivity index (χ4n) is 2.96. The van der Waals surface area contributed by atoms with Crippen LogP contribution in [-0.4, -0.2) is 50.5 Å². The van der Waals surface area contributed by atoms with Crippen molar-refractivity contribution in [2.45, 2.75) is 6.10 Å². The minimum atomic E-state index is -0.467. The standard InChI is InChI=1S/C18H22ClN3O2/c19-15-4-6-17(7-5-15)24-14-16(23)13-21-9-11-22(12-10-21)18-3-1-2-8-20-18/h1-8,16,23H,9-14H2/p+2. The summed E-state index contributed by atoms with van der Waals surface area (Å²) < 4.78 is 5.62. The topological polar surface area (TPSA) is 51.3 Å². The molecule has 0 radical (unpaired) electrons. The molecule has 1 aliphatic rings. The molecule has 1 aliphatic heterocycles. The maximum atomic E-state index is 10.2. The second-order valence-corrected chi connectivity index (χ2v) is 6.54. The predicted molar refractivity (Wildman–Crippen MR) is 93.7 cm³/mol. The number of H-pyrrole nitrogens is 1. The van der Waals surface area contributed by atoms with Gasteiger partial charge >= 0.3 is 0 Å². The van der Waals surface area contributed by atoms with Crippen LogP contribution in [0.2, 0.25) is 5.02 Å². The number of hydrogen-bond donors (Lipinski definition) is 2. The molecule has 1 atom stereocenters. The Labute approximate surface area is 147 Å². The van der Waals surface area contributed by atoms with Gasteiger partial charge in [-0.05, 0) is 30.3 Å². The number of aliphatic hydroxyl groups excluding tert-OH is 1. The molecule has 0 saturated carbocycles. The maximum absolute atomic E-state index is 10.2. The first kappa shape index (κ1) is 17.0. The van der Waals surface area contributed by atoms with E-state index >= 15 is 0 Å². The molecule has 5 nitrogen and oxygen atoms in total. The van der Waals surface area contributed by atoms with Crippen LogP contribution < -0.4 is 19.5 Å². The van der Waals surface area contributed by atoms with Crippen LogP contribution >= 0.6 is 11.6 Å². The molecular weight excluding hydrogens is 326 g/mol. The van der Waals surface area contributed by atoms with Crippen molar-refractivity contribution in [3.8, 4) is 5.75 Å². The van der Waals surface area contributed by atoms with Crippen LogP contribution in [0.5, 0.6) is 5.75 Å². The lowest BCUT2D eigenvalue weighted by atomic mass is 10.2. The van der Waals surface area contributed by atoms with Crippen molar-refractivity contribution >= 4 is 17.4 Å². The molecule has 2 heterocycles. The van der Waals surface area contributed by atoms with Gasteiger partial charge < -0.3 is 14.7 Å². The average molecular weight is 350 g/mol. The number of hydrogen-bond acceptors (Lipinski definition) is 3. The molecule has 3 rings (SSSR count). The van der Waals surface area contributed by atoms with Gasteiger partial charge in [0.25, 0.3) is 5.82 Å². The number of rotatable bonds is 6. The van der Waals surface area contributed by atoms with E-state index < -0.39 is 6.10 Å². The van der Waals surface area contributed by atoms with Crippen LogP contribution in [0, 0.1) is 0 Å². The molecule has 3 N–H and O–H groups in total. The van der Waals surface area contributed by atoms with Crippen molar-refractivity contribution in [2.24, 2.45) is 0 Å². The SMILES string of the molecule is OC(COc1ccc(Cl)cc1)C[NH+]1CCN(c2cccc[nH+]2)CC1. The maximum Gasteiger partial charge on any atom is 0.274 e. The summed E-state index contributed by atoms with van der Waals surface area (Å²) in [5, 5.41) is 10.9. The Morgan fingerprint density at radius 3 is 2.58 bits per heavy atom. The number of pyridine rings is 1. The van der Waals surface area contributed by atoms with Crippen LogP contribution in [0.25, 0.3) is 0 Å². The number of ether oxygens (including phenoxy) is 1. The minimum Gasteiger partial charge on any atom is -0.491 e. The highest BCUT2D eigenvalue weighted by molar-refractivity contribution is 6.30. The number of anilines is 1. The normalized spacial score (nSPS) is 16.8. The summed E-state index contributed by atoms with van der Waals surface area (Å²) in [5.41, 5.74) is 0. The minimum absolute atomic E-state index is 0.307. The molecule has 1 aromatic heterocycles. The molecule has 0 aliphatic carbocycles. The summed E-state index contributed by atoms with van der Waals surface area (Å²) in [6.45, 7) is 5.02. The van der Waals surface area contributed by atoms with E-state index in [9.17, 15) is 5.11 Å². The molecule has 128 valence electrons. The van der Waals surface area contributed by atoms with E-state index in [1.165, 1.54) is 4.90 Å². The van der Waals surface area contributed by atoms with Crippen molar-refractivity contribution < 1.29 is 19.7 Å². The van der Waals surface area contributed by atoms with E-state index in [1.54, 1.807) is 12.1 Å². The number of aromatic amines is 1. The van der Waals surface area contributed by atoms with Crippen molar-refractivity contribution in [3.05, 3.63) is 53.7 Å². The molecule has 2 aromatic rings. The molecule has 1 saturated heterocycles. The van der Waals surface area contributed by atoms with Gasteiger partial charge in [-0.15, -0.1) is 0 Å². The smallest absolute Gasteiger partial charge is 0.274 e. The molecule has 1 aromatic carbocycles. The second kappa shape index (κ2) is 8.33. The fourth-order valence-corrected chi connectivity index (χ4v) is 3.09. The van der Waals surface area contributed by atoms with Gasteiger partial charge in [-0.1, -0.05) is 17.7 Å². The van der Waals surface area contributed by atoms with E-state index in [0.717, 1.165) is 37.7 Å². The first-order valence-corrected chi connectivity index (χ1v) is 8.70. The van der Waals surface area contributed by atoms with Crippen molar-refractivity contribution in [3.63, 3.8) is 0 Å². The highest BCUT2D eigenvalue weighted by Crippen LogP contribution is 2.15. The Morgan fingerprint density at radius 1 is 1.17 bits per heavy atom. The molecule has 1 unspecified atom stereocenters. The van der Waals surface area contributed by atoms with Crippen molar-refractivity contribution in [1.29, 1.82) is 0 Å². The molecule has 0 spiro atoms. The van der Waals surface area contributed by atoms with E-state index in [1.807, 2.05) is 30.5 Å². The number of nitrogens with one attached hydrogen (secondary N) is 2. The second-order valence-electron chi connectivity index (χ2n) is 6.11. The van der Waals surface area contributed by atoms with Gasteiger partial charge in [0.2, 0.25) is 0 Å². The molecule has 0 amide bonds. The van der Waals surface area contributed by atoms with Gasteiger partial charge in [0.15, 0.2) is 0 Å². The number of benzene rings is 1. The molecule has 1 fully saturated rings. The number of nitrogens with zero attached hydrogens (tertiary/aromatic N) is 1. The Hall–Kier alpha value is -1.82. The van der Waals surface area contributed by atoms with E-state index in [0.29, 0.717) is 18.2 Å². The van der Waals surface area contributed by atoms with Crippen LogP contribution in [0.4, 0.5) is 5.82 Å². The molecular formula is C18H24ClN3O2+2. The van der Waals surface area contributed by atoms with Crippen LogP contribution in [0.1, 0.15) is 0 Å². The van der Waals surface area contributed by atoms with E-state index in [2.05, 4.69) is 16.0 Å². The third kappa shape index (κ3) is 4.84. The molecule has 24 heavy (non-hydrogen) atoms. The highest BCUT2D eigenvalue weighted by Gasteiger charge is 2.27. The van der Waals surface area contributed by atoms with Crippen LogP contribution in [0.15, 0.2) is 48.7 Å². The Morgan fingerprint density at radius 2 is 1.92 bits per heavy atom. The summed E-state index contributed by atoms with van der Waals surface area (Å²) in [4.78, 5) is 7.03. The lowest BCUT2D eigenvalue weighted by Gasteiger charge is -2.29. The zero-order valence-corrected chi connectivity index (χ0v) is 14.4. The number of aromatic nitrogens is 1. The van der Waals surface area contributed by atoms with Gasteiger partial charge in [-0.2, -0.15) is 0 Å². The third-order valence-corrected chi connectivity index (χ3v) is 4.54. The van der Waals surface area contributed by atoms with Crippen LogP contribution in [-0.2, 0) is 0 Å². The van der Waals surface area contributed by atoms with Crippen molar-refractivity contribution in [1.82, 2.24) is 0 Å². The highest BCUT2D eigenvalue weighted by atomic mass is 35.5.